The number of aromatic amines is 1. The molecular formula is C65H86FN13O16S2. The minimum absolute atomic E-state index is 0.0117. The fraction of sp³-hybridized carbons (Fsp3) is 0.431. The lowest BCUT2D eigenvalue weighted by Gasteiger charge is -2.31. The van der Waals surface area contributed by atoms with Gasteiger partial charge in [0.2, 0.25) is 53.2 Å². The summed E-state index contributed by atoms with van der Waals surface area (Å²) in [5, 5.41) is 71.3. The van der Waals surface area contributed by atoms with E-state index in [1.807, 2.05) is 18.2 Å². The highest BCUT2D eigenvalue weighted by Crippen LogP contribution is 2.21. The molecule has 0 spiro atoms. The summed E-state index contributed by atoms with van der Waals surface area (Å²) in [4.78, 5) is 153. The SMILES string of the molecule is C[C@@H](O)[C@H](NC(=O)[C@H](CS)NC(=O)[C@H](Cc1ccc(F)cc1)NC(=O)CC(N)NC(=O)CSCC[C@@H](C(=O)O)N(C)C(=O)[C@H](Cc1ccccc1)NC(=O)[C@@H](NC(=O)[C@H](CCCCN)NC(=O)[C@@H](Cc1c[nH]c2ccccc12)NC(=O)[C@@H](N)Cc1ccc(O)cc1)[C@@H](C)O)C(=O)O. The van der Waals surface area contributed by atoms with Crippen molar-refractivity contribution >= 4 is 100 Å². The Labute approximate surface area is 568 Å². The van der Waals surface area contributed by atoms with Gasteiger partial charge >= 0.3 is 11.9 Å². The molecule has 5 rings (SSSR count). The van der Waals surface area contributed by atoms with Crippen LogP contribution in [-0.2, 0) is 78.4 Å². The summed E-state index contributed by atoms with van der Waals surface area (Å²) in [5.41, 5.74) is 21.2. The first-order valence-corrected chi connectivity index (χ1v) is 32.9. The summed E-state index contributed by atoms with van der Waals surface area (Å²) < 4.78 is 13.8. The number of H-pyrrole nitrogens is 1. The highest BCUT2D eigenvalue weighted by molar-refractivity contribution is 7.99. The fourth-order valence-corrected chi connectivity index (χ4v) is 11.2. The minimum atomic E-state index is -1.77. The first-order valence-electron chi connectivity index (χ1n) is 31.1. The zero-order valence-corrected chi connectivity index (χ0v) is 55.4. The summed E-state index contributed by atoms with van der Waals surface area (Å²) in [5.74, 6) is -12.2. The summed E-state index contributed by atoms with van der Waals surface area (Å²) >= 11 is 5.03. The van der Waals surface area contributed by atoms with Gasteiger partial charge in [0.25, 0.3) is 0 Å². The number of hydrogen-bond acceptors (Lipinski definition) is 19. The molecule has 0 bridgehead atoms. The first-order chi connectivity index (χ1) is 46.1. The normalized spacial score (nSPS) is 14.9. The third-order valence-corrected chi connectivity index (χ3v) is 16.8. The maximum Gasteiger partial charge on any atom is 0.328 e. The Bertz CT molecular complexity index is 3480. The minimum Gasteiger partial charge on any atom is -0.508 e. The number of aliphatic hydroxyl groups is 2. The number of rotatable bonds is 40. The molecule has 1 unspecified atom stereocenters. The van der Waals surface area contributed by atoms with Crippen molar-refractivity contribution in [3.8, 4) is 5.75 Å². The van der Waals surface area contributed by atoms with E-state index in [0.717, 1.165) is 46.6 Å². The number of para-hydroxylation sites is 1. The van der Waals surface area contributed by atoms with Gasteiger partial charge in [-0.1, -0.05) is 72.8 Å². The van der Waals surface area contributed by atoms with Crippen LogP contribution in [-0.4, -0.2) is 204 Å². The largest absolute Gasteiger partial charge is 0.508 e. The Morgan fingerprint density at radius 2 is 1.11 bits per heavy atom. The quantitative estimate of drug-likeness (QED) is 0.0124. The molecule has 9 amide bonds. The summed E-state index contributed by atoms with van der Waals surface area (Å²) in [6.45, 7) is 2.56. The van der Waals surface area contributed by atoms with E-state index in [1.54, 1.807) is 54.7 Å². The van der Waals surface area contributed by atoms with Crippen LogP contribution in [0.5, 0.6) is 5.75 Å². The fourth-order valence-electron chi connectivity index (χ4n) is 10.2. The van der Waals surface area contributed by atoms with Crippen LogP contribution in [0.3, 0.4) is 0 Å². The predicted octanol–water partition coefficient (Wildman–Crippen LogP) is -1.26. The number of aromatic nitrogens is 1. The Morgan fingerprint density at radius 1 is 0.577 bits per heavy atom. The van der Waals surface area contributed by atoms with Crippen molar-refractivity contribution in [1.29, 1.82) is 0 Å². The molecule has 526 valence electrons. The van der Waals surface area contributed by atoms with Crippen LogP contribution >= 0.6 is 24.4 Å². The standard InChI is InChI=1S/C65H86FN13O16S2/c1-35(80)55(77-58(86)46(15-9-10-25-67)72-60(88)48(30-40-32-70-45-14-8-7-13-43(40)45)73-57(85)44(68)27-38-18-22-42(82)23-19-38)62(90)74-49(29-37-11-5-4-6-12-37)63(91)79(3)51(64(92)93)24-26-97-34-54(84)76-52(69)31-53(83)71-47(28-39-16-20-41(66)21-17-39)59(87)75-50(33-96)61(89)78-56(36(2)81)65(94)95/h4-8,11-14,16-23,32,35-36,44,46-52,55-56,70,80-82,96H,9-10,15,24-31,33-34,67-69H2,1-3H3,(H,71,83)(H,72,88)(H,73,85)(H,74,90)(H,75,87)(H,76,84)(H,77,86)(H,78,89)(H,92,93)(H,94,95)/t35-,36-,44+,46+,47+,48-,49+,50+,51+,52?,55+,56+/m1/s1. The number of nitrogens with zero attached hydrogens (tertiary/aromatic N) is 1. The lowest BCUT2D eigenvalue weighted by Crippen LogP contribution is -2.61. The molecule has 0 saturated carbocycles. The number of nitrogens with one attached hydrogen (secondary N) is 9. The number of thioether (sulfide) groups is 1. The molecule has 4 aromatic carbocycles. The number of hydrogen-bond donors (Lipinski definition) is 18. The van der Waals surface area contributed by atoms with Gasteiger partial charge < -0.3 is 95.2 Å². The third kappa shape index (κ3) is 25.4. The number of carboxylic acid groups (broad SMARTS) is 2. The number of carboxylic acids is 2. The molecule has 5 aromatic rings. The van der Waals surface area contributed by atoms with E-state index in [1.165, 1.54) is 38.2 Å². The van der Waals surface area contributed by atoms with Crippen molar-refractivity contribution in [3.05, 3.63) is 137 Å². The van der Waals surface area contributed by atoms with E-state index in [4.69, 9.17) is 17.2 Å². The molecule has 0 saturated heterocycles. The number of carbonyl (C=O) groups excluding carboxylic acids is 9. The average molecular weight is 1390 g/mol. The van der Waals surface area contributed by atoms with E-state index in [2.05, 4.69) is 60.1 Å². The highest BCUT2D eigenvalue weighted by Gasteiger charge is 2.38. The van der Waals surface area contributed by atoms with Crippen molar-refractivity contribution in [2.24, 2.45) is 17.2 Å². The van der Waals surface area contributed by atoms with Crippen LogP contribution in [0.25, 0.3) is 10.9 Å². The number of aromatic hydroxyl groups is 1. The monoisotopic (exact) mass is 1390 g/mol. The second kappa shape index (κ2) is 39.1. The number of amides is 9. The lowest BCUT2D eigenvalue weighted by atomic mass is 10.0. The van der Waals surface area contributed by atoms with Gasteiger partial charge in [0.15, 0.2) is 6.04 Å². The number of carbonyl (C=O) groups is 11. The molecular weight excluding hydrogens is 1300 g/mol. The zero-order valence-electron chi connectivity index (χ0n) is 53.7. The number of unbranched alkanes of at least 4 members (excludes halogenated alkanes) is 1. The van der Waals surface area contributed by atoms with Crippen LogP contribution in [0.2, 0.25) is 0 Å². The van der Waals surface area contributed by atoms with E-state index >= 15 is 0 Å². The molecule has 0 radical (unpaired) electrons. The molecule has 97 heavy (non-hydrogen) atoms. The second-order valence-electron chi connectivity index (χ2n) is 23.2. The van der Waals surface area contributed by atoms with E-state index in [9.17, 15) is 82.7 Å². The average Bonchev–Trinajstić information content (AvgIpc) is 1.78. The smallest absolute Gasteiger partial charge is 0.328 e. The molecule has 0 aliphatic rings. The zero-order chi connectivity index (χ0) is 71.5. The maximum atomic E-state index is 14.5. The Morgan fingerprint density at radius 3 is 1.73 bits per heavy atom. The number of thiol groups is 1. The number of phenols is 1. The van der Waals surface area contributed by atoms with Crippen molar-refractivity contribution in [2.75, 3.05) is 30.9 Å². The van der Waals surface area contributed by atoms with Gasteiger partial charge in [-0.2, -0.15) is 24.4 Å². The van der Waals surface area contributed by atoms with Crippen LogP contribution in [0.4, 0.5) is 4.39 Å². The van der Waals surface area contributed by atoms with E-state index in [0.29, 0.717) is 35.1 Å². The molecule has 1 aromatic heterocycles. The van der Waals surface area contributed by atoms with Gasteiger partial charge in [-0.25, -0.2) is 14.0 Å². The summed E-state index contributed by atoms with van der Waals surface area (Å²) in [7, 11) is 1.20. The third-order valence-electron chi connectivity index (χ3n) is 15.5. The van der Waals surface area contributed by atoms with Crippen LogP contribution < -0.4 is 59.7 Å². The molecule has 29 nitrogen and oxygen atoms in total. The van der Waals surface area contributed by atoms with E-state index < -0.39 is 150 Å². The van der Waals surface area contributed by atoms with Gasteiger partial charge in [-0.15, -0.1) is 0 Å². The number of nitrogens with two attached hydrogens (primary N) is 3. The number of aliphatic hydroxyl groups excluding tert-OH is 2. The van der Waals surface area contributed by atoms with Gasteiger partial charge in [-0.3, -0.25) is 43.2 Å². The number of fused-ring (bicyclic) bond motifs is 1. The predicted molar refractivity (Wildman–Crippen MR) is 360 cm³/mol. The van der Waals surface area contributed by atoms with Crippen LogP contribution in [0.1, 0.15) is 68.2 Å². The van der Waals surface area contributed by atoms with Crippen molar-refractivity contribution < 1.29 is 82.7 Å². The number of halogens is 1. The molecule has 1 heterocycles. The Hall–Kier alpha value is -9.18. The highest BCUT2D eigenvalue weighted by atomic mass is 32.2. The van der Waals surface area contributed by atoms with Gasteiger partial charge in [0, 0.05) is 49.2 Å². The molecule has 0 aliphatic carbocycles. The molecule has 0 fully saturated rings. The summed E-state index contributed by atoms with van der Waals surface area (Å²) in [6.07, 6.45) is -3.41. The Balaban J connectivity index is 1.23. The first kappa shape index (κ1) is 78.5. The molecule has 0 aliphatic heterocycles. The molecule has 20 N–H and O–H groups in total. The topological polar surface area (TPSA) is 482 Å². The van der Waals surface area contributed by atoms with Gasteiger partial charge in [-0.05, 0) is 111 Å². The number of benzene rings is 4. The number of phenolic OH excluding ortho intramolecular Hbond substituents is 1. The second-order valence-corrected chi connectivity index (χ2v) is 24.7. The Kier molecular flexibility index (Phi) is 31.7. The molecule has 12 atom stereocenters. The maximum absolute atomic E-state index is 14.5. The van der Waals surface area contributed by atoms with Crippen LogP contribution in [0.15, 0.2) is 109 Å². The number of aliphatic carboxylic acids is 2. The van der Waals surface area contributed by atoms with Crippen molar-refractivity contribution in [2.45, 2.75) is 144 Å². The van der Waals surface area contributed by atoms with E-state index in [-0.39, 0.29) is 68.1 Å². The summed E-state index contributed by atoms with van der Waals surface area (Å²) in [6, 6.07) is 13.3. The van der Waals surface area contributed by atoms with Crippen molar-refractivity contribution in [1.82, 2.24) is 52.4 Å². The van der Waals surface area contributed by atoms with Crippen molar-refractivity contribution in [3.63, 3.8) is 0 Å². The lowest BCUT2D eigenvalue weighted by molar-refractivity contribution is -0.150. The molecule has 32 heteroatoms. The number of likely N-dealkylation sites (N-methyl/N-ethyl adjacent to an activating group) is 1. The van der Waals surface area contributed by atoms with Gasteiger partial charge in [0.1, 0.15) is 53.9 Å². The van der Waals surface area contributed by atoms with Gasteiger partial charge in [0.05, 0.1) is 36.6 Å². The van der Waals surface area contributed by atoms with Crippen LogP contribution in [0, 0.1) is 5.82 Å².